The van der Waals surface area contributed by atoms with Gasteiger partial charge in [0.15, 0.2) is 0 Å². The van der Waals surface area contributed by atoms with Crippen LogP contribution in [0.5, 0.6) is 0 Å². The second kappa shape index (κ2) is 45.9. The average molecular weight is 820 g/mol. The minimum Gasteiger partial charge on any atom is -0.462 e. The van der Waals surface area contributed by atoms with Gasteiger partial charge in [-0.3, -0.25) is 9.59 Å². The van der Waals surface area contributed by atoms with E-state index in [-0.39, 0.29) is 24.9 Å². The van der Waals surface area contributed by atoms with Crippen LogP contribution in [0.25, 0.3) is 0 Å². The van der Waals surface area contributed by atoms with E-state index < -0.39 is 18.2 Å². The van der Waals surface area contributed by atoms with Gasteiger partial charge in [-0.05, 0) is 64.2 Å². The van der Waals surface area contributed by atoms with Gasteiger partial charge in [0.25, 0.3) is 0 Å². The molecule has 0 heterocycles. The largest absolute Gasteiger partial charge is 0.462 e. The van der Waals surface area contributed by atoms with Crippen molar-refractivity contribution in [3.63, 3.8) is 0 Å². The molecule has 59 heavy (non-hydrogen) atoms. The molecule has 0 aliphatic carbocycles. The summed E-state index contributed by atoms with van der Waals surface area (Å²) in [6.45, 7) is 6.21. The van der Waals surface area contributed by atoms with Crippen molar-refractivity contribution in [1.82, 2.24) is 5.32 Å². The minimum atomic E-state index is -0.805. The summed E-state index contributed by atoms with van der Waals surface area (Å²) < 4.78 is 5.90. The van der Waals surface area contributed by atoms with Crippen LogP contribution < -0.4 is 5.32 Å². The third-order valence-corrected chi connectivity index (χ3v) is 10.3. The fourth-order valence-corrected chi connectivity index (χ4v) is 6.69. The second-order valence-electron chi connectivity index (χ2n) is 16.0. The summed E-state index contributed by atoms with van der Waals surface area (Å²) in [5, 5.41) is 23.6. The summed E-state index contributed by atoms with van der Waals surface area (Å²) in [7, 11) is 0. The SMILES string of the molecule is CC/C=C/C=C/C=C/CCCCCCCCCC(=O)OC(CCCCC/C=C/C=C/C=C/C=C/C=C/CCC)CC(=O)NC(CO)C(O)CCCCCCCCCCC. The van der Waals surface area contributed by atoms with E-state index in [1.54, 1.807) is 0 Å². The molecule has 336 valence electrons. The van der Waals surface area contributed by atoms with Crippen molar-refractivity contribution in [1.29, 1.82) is 0 Å². The molecule has 0 rings (SSSR count). The highest BCUT2D eigenvalue weighted by atomic mass is 16.5. The van der Waals surface area contributed by atoms with E-state index in [2.05, 4.69) is 86.8 Å². The number of esters is 1. The lowest BCUT2D eigenvalue weighted by Gasteiger charge is -2.24. The van der Waals surface area contributed by atoms with E-state index in [1.807, 2.05) is 36.5 Å². The molecule has 0 bridgehead atoms. The van der Waals surface area contributed by atoms with Gasteiger partial charge in [0.05, 0.1) is 25.2 Å². The van der Waals surface area contributed by atoms with Crippen molar-refractivity contribution in [3.8, 4) is 0 Å². The molecule has 3 unspecified atom stereocenters. The smallest absolute Gasteiger partial charge is 0.306 e. The topological polar surface area (TPSA) is 95.9 Å². The van der Waals surface area contributed by atoms with Gasteiger partial charge in [-0.15, -0.1) is 0 Å². The van der Waals surface area contributed by atoms with Gasteiger partial charge in [-0.25, -0.2) is 0 Å². The van der Waals surface area contributed by atoms with E-state index in [9.17, 15) is 19.8 Å². The zero-order valence-electron chi connectivity index (χ0n) is 38.1. The van der Waals surface area contributed by atoms with Gasteiger partial charge in [-0.1, -0.05) is 221 Å². The highest BCUT2D eigenvalue weighted by molar-refractivity contribution is 5.77. The van der Waals surface area contributed by atoms with Crippen LogP contribution in [0.15, 0.2) is 97.2 Å². The van der Waals surface area contributed by atoms with Gasteiger partial charge in [0.2, 0.25) is 5.91 Å². The standard InChI is InChI=1S/C53H89NO5/c1-4-7-10-13-16-19-21-23-25-27-28-30-33-35-38-41-44-49(47-52(57)54-50(48-55)51(56)45-42-39-36-32-18-15-12-9-6-3)59-53(58)46-43-40-37-34-31-29-26-24-22-20-17-14-11-8-5-2/h8,10-11,13-14,16-17,19-23,25,27-28,30,49-51,55-56H,4-7,9,12,15,18,24,26,29,31-48H2,1-3H3,(H,54,57)/b11-8+,13-10+,17-14+,19-16+,22-20+,23-21+,27-25+,30-28+. The van der Waals surface area contributed by atoms with Crippen molar-refractivity contribution in [2.45, 2.75) is 219 Å². The zero-order valence-corrected chi connectivity index (χ0v) is 38.1. The molecular weight excluding hydrogens is 731 g/mol. The van der Waals surface area contributed by atoms with Crippen LogP contribution >= 0.6 is 0 Å². The molecule has 0 radical (unpaired) electrons. The molecule has 0 aromatic heterocycles. The molecule has 0 spiro atoms. The van der Waals surface area contributed by atoms with Crippen molar-refractivity contribution >= 4 is 11.9 Å². The van der Waals surface area contributed by atoms with Crippen LogP contribution in [0, 0.1) is 0 Å². The molecule has 0 aromatic carbocycles. The first-order chi connectivity index (χ1) is 29.0. The number of amides is 1. The van der Waals surface area contributed by atoms with E-state index in [1.165, 1.54) is 70.6 Å². The maximum absolute atomic E-state index is 13.2. The lowest BCUT2D eigenvalue weighted by atomic mass is 10.0. The number of aliphatic hydroxyl groups is 2. The van der Waals surface area contributed by atoms with Gasteiger partial charge in [0.1, 0.15) is 6.10 Å². The molecule has 3 N–H and O–H groups in total. The third kappa shape index (κ3) is 41.3. The maximum atomic E-state index is 13.2. The monoisotopic (exact) mass is 820 g/mol. The Morgan fingerprint density at radius 1 is 0.508 bits per heavy atom. The van der Waals surface area contributed by atoms with E-state index in [4.69, 9.17) is 4.74 Å². The van der Waals surface area contributed by atoms with Gasteiger partial charge in [-0.2, -0.15) is 0 Å². The number of carbonyl (C=O) groups is 2. The summed E-state index contributed by atoms with van der Waals surface area (Å²) >= 11 is 0. The van der Waals surface area contributed by atoms with Crippen LogP contribution in [0.3, 0.4) is 0 Å². The minimum absolute atomic E-state index is 0.0385. The maximum Gasteiger partial charge on any atom is 0.306 e. The predicted octanol–water partition coefficient (Wildman–Crippen LogP) is 14.2. The Balaban J connectivity index is 4.74. The Hall–Kier alpha value is -3.22. The lowest BCUT2D eigenvalue weighted by molar-refractivity contribution is -0.151. The first-order valence-corrected chi connectivity index (χ1v) is 24.1. The quantitative estimate of drug-likeness (QED) is 0.0324. The highest BCUT2D eigenvalue weighted by Gasteiger charge is 2.24. The molecular formula is C53H89NO5. The molecule has 0 aliphatic rings. The first-order valence-electron chi connectivity index (χ1n) is 24.1. The predicted molar refractivity (Wildman–Crippen MR) is 254 cm³/mol. The van der Waals surface area contributed by atoms with Gasteiger partial charge >= 0.3 is 5.97 Å². The Morgan fingerprint density at radius 3 is 1.47 bits per heavy atom. The number of hydrogen-bond donors (Lipinski definition) is 3. The van der Waals surface area contributed by atoms with Gasteiger partial charge < -0.3 is 20.3 Å². The number of ether oxygens (including phenoxy) is 1. The second-order valence-corrected chi connectivity index (χ2v) is 16.0. The Bertz CT molecular complexity index is 1190. The van der Waals surface area contributed by atoms with Crippen LogP contribution in [-0.2, 0) is 14.3 Å². The normalized spacial score (nSPS) is 14.2. The number of unbranched alkanes of at least 4 members (excludes halogenated alkanes) is 19. The molecule has 6 nitrogen and oxygen atoms in total. The molecule has 0 aliphatic heterocycles. The molecule has 0 saturated carbocycles. The fourth-order valence-electron chi connectivity index (χ4n) is 6.69. The highest BCUT2D eigenvalue weighted by Crippen LogP contribution is 2.17. The number of rotatable bonds is 41. The summed E-state index contributed by atoms with van der Waals surface area (Å²) in [5.74, 6) is -0.540. The molecule has 0 fully saturated rings. The van der Waals surface area contributed by atoms with E-state index in [0.717, 1.165) is 83.5 Å². The van der Waals surface area contributed by atoms with Gasteiger partial charge in [0, 0.05) is 6.42 Å². The van der Waals surface area contributed by atoms with E-state index >= 15 is 0 Å². The molecule has 3 atom stereocenters. The summed E-state index contributed by atoms with van der Waals surface area (Å²) in [6.07, 6.45) is 60.3. The Morgan fingerprint density at radius 2 is 0.949 bits per heavy atom. The number of allylic oxidation sites excluding steroid dienone is 16. The molecule has 0 saturated heterocycles. The fraction of sp³-hybridized carbons (Fsp3) is 0.660. The summed E-state index contributed by atoms with van der Waals surface area (Å²) in [4.78, 5) is 26.1. The van der Waals surface area contributed by atoms with Crippen molar-refractivity contribution < 1.29 is 24.5 Å². The number of nitrogens with one attached hydrogen (secondary N) is 1. The third-order valence-electron chi connectivity index (χ3n) is 10.3. The van der Waals surface area contributed by atoms with Crippen LogP contribution in [-0.4, -0.2) is 46.9 Å². The molecule has 6 heteroatoms. The number of aliphatic hydroxyl groups excluding tert-OH is 2. The Labute approximate surface area is 363 Å². The zero-order chi connectivity index (χ0) is 43.1. The summed E-state index contributed by atoms with van der Waals surface area (Å²) in [5.41, 5.74) is 0. The Kier molecular flexibility index (Phi) is 43.4. The average Bonchev–Trinajstić information content (AvgIpc) is 3.23. The molecule has 0 aromatic rings. The number of hydrogen-bond acceptors (Lipinski definition) is 5. The van der Waals surface area contributed by atoms with E-state index in [0.29, 0.717) is 19.3 Å². The number of carbonyl (C=O) groups excluding carboxylic acids is 2. The lowest BCUT2D eigenvalue weighted by Crippen LogP contribution is -2.46. The van der Waals surface area contributed by atoms with Crippen molar-refractivity contribution in [2.24, 2.45) is 0 Å². The molecule has 1 amide bonds. The van der Waals surface area contributed by atoms with Crippen molar-refractivity contribution in [2.75, 3.05) is 6.61 Å². The first kappa shape index (κ1) is 55.8. The van der Waals surface area contributed by atoms with Crippen LogP contribution in [0.4, 0.5) is 0 Å². The van der Waals surface area contributed by atoms with Crippen LogP contribution in [0.1, 0.15) is 201 Å². The summed E-state index contributed by atoms with van der Waals surface area (Å²) in [6, 6.07) is -0.722. The van der Waals surface area contributed by atoms with Crippen molar-refractivity contribution in [3.05, 3.63) is 97.2 Å². The van der Waals surface area contributed by atoms with Crippen LogP contribution in [0.2, 0.25) is 0 Å².